The molecule has 506 valence electrons. The Balaban J connectivity index is 0.926. The maximum atomic E-state index is 2.93. The van der Waals surface area contributed by atoms with Gasteiger partial charge in [0, 0.05) is 0 Å². The van der Waals surface area contributed by atoms with Crippen LogP contribution in [0.15, 0.2) is 83.9 Å². The van der Waals surface area contributed by atoms with E-state index in [1.807, 2.05) is 0 Å². The summed E-state index contributed by atoms with van der Waals surface area (Å²) in [6.45, 7) is 67.5. The van der Waals surface area contributed by atoms with Gasteiger partial charge in [-0.15, -0.1) is 0 Å². The third kappa shape index (κ3) is 9.13. The molecule has 2 heteroatoms. The van der Waals surface area contributed by atoms with E-state index in [0.29, 0.717) is 0 Å². The van der Waals surface area contributed by atoms with Crippen molar-refractivity contribution < 1.29 is 0 Å². The van der Waals surface area contributed by atoms with E-state index in [9.17, 15) is 0 Å². The summed E-state index contributed by atoms with van der Waals surface area (Å²) in [4.78, 5) is 0. The molecule has 6 aromatic rings. The predicted molar refractivity (Wildman–Crippen MR) is 412 cm³/mol. The molecule has 0 amide bonds. The van der Waals surface area contributed by atoms with Crippen molar-refractivity contribution in [2.45, 2.75) is 349 Å². The van der Waals surface area contributed by atoms with Crippen molar-refractivity contribution in [2.24, 2.45) is 0 Å². The summed E-state index contributed by atoms with van der Waals surface area (Å²) in [5.41, 5.74) is 44.9. The number of hydrogen-bond acceptors (Lipinski definition) is 0. The van der Waals surface area contributed by atoms with E-state index in [2.05, 4.69) is 253 Å². The monoisotopic (exact) mass is 1490 g/mol. The molecule has 96 heavy (non-hydrogen) atoms. The van der Waals surface area contributed by atoms with Gasteiger partial charge < -0.3 is 0 Å². The van der Waals surface area contributed by atoms with E-state index in [1.54, 1.807) is 145 Å². The molecule has 0 fully saturated rings. The number of rotatable bonds is 6. The normalized spacial score (nSPS) is 28.8. The Morgan fingerprint density at radius 3 is 0.479 bits per heavy atom. The summed E-state index contributed by atoms with van der Waals surface area (Å²) in [6, 6.07) is 34.8. The van der Waals surface area contributed by atoms with Gasteiger partial charge in [0.1, 0.15) is 0 Å². The zero-order valence-electron chi connectivity index (χ0n) is 64.9. The van der Waals surface area contributed by atoms with Crippen LogP contribution in [0.1, 0.15) is 402 Å². The first kappa shape index (κ1) is 67.2. The molecule has 18 rings (SSSR count). The topological polar surface area (TPSA) is 0 Å². The molecular formula is C94H120Sb2. The van der Waals surface area contributed by atoms with Gasteiger partial charge in [0.15, 0.2) is 0 Å². The molecule has 0 aromatic heterocycles. The van der Waals surface area contributed by atoms with Gasteiger partial charge in [-0.2, -0.15) is 0 Å². The van der Waals surface area contributed by atoms with Crippen molar-refractivity contribution in [3.05, 3.63) is 217 Å². The maximum absolute atomic E-state index is 2.93. The van der Waals surface area contributed by atoms with E-state index in [4.69, 9.17) is 0 Å². The third-order valence-electron chi connectivity index (χ3n) is 30.2. The summed E-state index contributed by atoms with van der Waals surface area (Å²) >= 11 is -2.37. The molecule has 0 spiro atoms. The van der Waals surface area contributed by atoms with Gasteiger partial charge in [0.2, 0.25) is 0 Å². The van der Waals surface area contributed by atoms with Crippen molar-refractivity contribution in [2.75, 3.05) is 0 Å². The SMILES string of the molecule is C/C([CH2][Sb][C]12c3cc4c(cc3C(c3cc5c(cc31)C(C)(C)CCC5(C)C)c1cc3c(cc12)C(C)(C)CCC3(C)C)C(C)(C)CCC4(C)C)=C(\C)[CH2][Sb][C]12c3cc4c(cc3C(c3cc5c(cc31)C(C)(C)CCC5(C)C)c1cc3c(cc12)C(C)(C)CCC3(C)C)C(C)(C)CCC4(C)C. The molecule has 0 saturated heterocycles. The number of benzene rings is 6. The molecule has 0 nitrogen and oxygen atoms in total. The van der Waals surface area contributed by atoms with Crippen LogP contribution < -0.4 is 0 Å². The number of fused-ring (bicyclic) bond motifs is 6. The molecule has 12 aliphatic rings. The van der Waals surface area contributed by atoms with Gasteiger partial charge in [-0.25, -0.2) is 0 Å². The first-order valence-corrected chi connectivity index (χ1v) is 44.6. The first-order valence-electron chi connectivity index (χ1n) is 38.4. The fourth-order valence-electron chi connectivity index (χ4n) is 22.2. The number of allylic oxidation sites excluding steroid dienone is 2. The fourth-order valence-corrected chi connectivity index (χ4v) is 32.7. The summed E-state index contributed by atoms with van der Waals surface area (Å²) in [5, 5.41) is 0. The Kier molecular flexibility index (Phi) is 14.2. The Labute approximate surface area is 604 Å². The van der Waals surface area contributed by atoms with Crippen LogP contribution in [0.5, 0.6) is 0 Å². The second-order valence-corrected chi connectivity index (χ2v) is 49.4. The van der Waals surface area contributed by atoms with Crippen molar-refractivity contribution >= 4 is 43.2 Å². The number of hydrogen-bond donors (Lipinski definition) is 0. The van der Waals surface area contributed by atoms with Crippen LogP contribution in [0.2, 0.25) is 8.73 Å². The van der Waals surface area contributed by atoms with Crippen molar-refractivity contribution in [1.29, 1.82) is 0 Å². The molecule has 0 unspecified atom stereocenters. The molecule has 0 atom stereocenters. The zero-order valence-corrected chi connectivity index (χ0v) is 70.0. The average Bonchev–Trinajstić information content (AvgIpc) is 0.666. The molecule has 0 saturated carbocycles. The summed E-state index contributed by atoms with van der Waals surface area (Å²) < 4.78 is 2.15. The minimum atomic E-state index is -1.19. The van der Waals surface area contributed by atoms with Gasteiger partial charge in [-0.1, -0.05) is 0 Å². The molecular weight excluding hydrogens is 1370 g/mol. The van der Waals surface area contributed by atoms with Gasteiger partial charge in [-0.3, -0.25) is 0 Å². The molecule has 4 bridgehead atoms. The fraction of sp³-hybridized carbons (Fsp3) is 0.596. The van der Waals surface area contributed by atoms with Crippen LogP contribution in [0.25, 0.3) is 0 Å². The van der Waals surface area contributed by atoms with E-state index in [0.717, 1.165) is 0 Å². The summed E-state index contributed by atoms with van der Waals surface area (Å²) in [5.74, 6) is 0.475. The third-order valence-corrected chi connectivity index (χ3v) is 40.6. The van der Waals surface area contributed by atoms with Gasteiger partial charge in [-0.05, 0) is 0 Å². The van der Waals surface area contributed by atoms with Crippen molar-refractivity contribution in [1.82, 2.24) is 0 Å². The summed E-state index contributed by atoms with van der Waals surface area (Å²) in [7, 11) is 0. The Hall–Kier alpha value is -3.30. The van der Waals surface area contributed by atoms with Crippen LogP contribution >= 0.6 is 0 Å². The molecule has 12 aliphatic carbocycles. The van der Waals surface area contributed by atoms with Gasteiger partial charge in [0.25, 0.3) is 0 Å². The van der Waals surface area contributed by atoms with E-state index in [1.165, 1.54) is 85.8 Å². The standard InChI is InChI=1S/2C44H55.C6H10.2Sb/c2*1-39(2)13-14-40(3,4)32-20-26-25(19-31(32)39)37-27-21-33-35(43(9,10)17-15-41(33,5)6)23-29(27)38(26)30-24-36-34(22-28(30)37)42(7,8)16-18-44(36,11)12;1-5(2)6(3)4;;/h2*19-24,37H,13-18H2,1-12H3;1,3H2,2,4H3;;/b;;6-5-;;. The van der Waals surface area contributed by atoms with E-state index in [-0.39, 0.29) is 83.5 Å². The van der Waals surface area contributed by atoms with Gasteiger partial charge in [0.05, 0.1) is 0 Å². The van der Waals surface area contributed by atoms with Crippen molar-refractivity contribution in [3.63, 3.8) is 0 Å². The van der Waals surface area contributed by atoms with Crippen LogP contribution in [0.3, 0.4) is 0 Å². The van der Waals surface area contributed by atoms with Crippen LogP contribution in [0, 0.1) is 0 Å². The predicted octanol–water partition coefficient (Wildman–Crippen LogP) is 24.3. The Morgan fingerprint density at radius 1 is 0.219 bits per heavy atom. The van der Waals surface area contributed by atoms with E-state index < -0.39 is 43.2 Å². The minimum absolute atomic E-state index is 0.114. The van der Waals surface area contributed by atoms with Crippen LogP contribution in [-0.4, -0.2) is 43.2 Å². The second-order valence-electron chi connectivity index (χ2n) is 42.0. The van der Waals surface area contributed by atoms with E-state index >= 15 is 0 Å². The average molecular weight is 1490 g/mol. The Morgan fingerprint density at radius 2 is 0.344 bits per heavy atom. The quantitative estimate of drug-likeness (QED) is 0.115. The Bertz CT molecular complexity index is 3750. The van der Waals surface area contributed by atoms with Crippen molar-refractivity contribution in [3.8, 4) is 0 Å². The van der Waals surface area contributed by atoms with Crippen LogP contribution in [0.4, 0.5) is 0 Å². The molecule has 0 N–H and O–H groups in total. The zero-order chi connectivity index (χ0) is 69.0. The van der Waals surface area contributed by atoms with Gasteiger partial charge >= 0.3 is 610 Å². The van der Waals surface area contributed by atoms with Crippen LogP contribution in [-0.2, 0) is 71.7 Å². The molecule has 0 aliphatic heterocycles. The first-order chi connectivity index (χ1) is 44.2. The molecule has 0 heterocycles. The summed E-state index contributed by atoms with van der Waals surface area (Å²) in [6.07, 6.45) is 14.9. The second kappa shape index (κ2) is 20.3. The molecule has 6 aromatic carbocycles. The molecule has 2 radical (unpaired) electrons.